The fourth-order valence-corrected chi connectivity index (χ4v) is 1.20. The zero-order chi connectivity index (χ0) is 12.0. The van der Waals surface area contributed by atoms with Crippen LogP contribution in [0.15, 0.2) is 12.4 Å². The first-order valence-electron chi connectivity index (χ1n) is 5.31. The number of amides is 1. The molecule has 0 radical (unpaired) electrons. The maximum Gasteiger partial charge on any atom is 0.271 e. The molecule has 88 valence electrons. The molecule has 16 heavy (non-hydrogen) atoms. The standard InChI is InChI=1S/C11H18N4O/c1-9-7-14-10(8-13-9)11(16)12-5-4-6-15(2)3/h7-8H,4-6H2,1-3H3,(H,12,16). The maximum atomic E-state index is 11.6. The van der Waals surface area contributed by atoms with Gasteiger partial charge in [-0.3, -0.25) is 9.78 Å². The van der Waals surface area contributed by atoms with E-state index in [2.05, 4.69) is 20.2 Å². The molecule has 0 unspecified atom stereocenters. The molecule has 1 N–H and O–H groups in total. The molecule has 0 fully saturated rings. The van der Waals surface area contributed by atoms with Crippen molar-refractivity contribution in [2.45, 2.75) is 13.3 Å². The van der Waals surface area contributed by atoms with Gasteiger partial charge in [-0.1, -0.05) is 0 Å². The average molecular weight is 222 g/mol. The quantitative estimate of drug-likeness (QED) is 0.736. The number of hydrogen-bond acceptors (Lipinski definition) is 4. The van der Waals surface area contributed by atoms with Crippen molar-refractivity contribution in [1.29, 1.82) is 0 Å². The zero-order valence-corrected chi connectivity index (χ0v) is 10.0. The Morgan fingerprint density at radius 1 is 1.38 bits per heavy atom. The summed E-state index contributed by atoms with van der Waals surface area (Å²) in [5.41, 5.74) is 1.18. The minimum atomic E-state index is -0.161. The van der Waals surface area contributed by atoms with E-state index in [9.17, 15) is 4.79 Å². The summed E-state index contributed by atoms with van der Waals surface area (Å²) in [4.78, 5) is 21.7. The summed E-state index contributed by atoms with van der Waals surface area (Å²) in [5.74, 6) is -0.161. The first-order valence-corrected chi connectivity index (χ1v) is 5.31. The van der Waals surface area contributed by atoms with Crippen molar-refractivity contribution in [2.24, 2.45) is 0 Å². The molecule has 1 aromatic rings. The van der Waals surface area contributed by atoms with Gasteiger partial charge in [0.25, 0.3) is 5.91 Å². The van der Waals surface area contributed by atoms with E-state index in [0.717, 1.165) is 18.7 Å². The van der Waals surface area contributed by atoms with E-state index in [-0.39, 0.29) is 5.91 Å². The lowest BCUT2D eigenvalue weighted by Crippen LogP contribution is -2.27. The Kier molecular flexibility index (Phi) is 4.85. The average Bonchev–Trinajstić information content (AvgIpc) is 2.25. The van der Waals surface area contributed by atoms with E-state index in [0.29, 0.717) is 12.2 Å². The Bertz CT molecular complexity index is 334. The van der Waals surface area contributed by atoms with Crippen LogP contribution < -0.4 is 5.32 Å². The van der Waals surface area contributed by atoms with Crippen LogP contribution in [-0.2, 0) is 0 Å². The summed E-state index contributed by atoms with van der Waals surface area (Å²) in [6.07, 6.45) is 4.02. The van der Waals surface area contributed by atoms with Gasteiger partial charge in [-0.2, -0.15) is 0 Å². The largest absolute Gasteiger partial charge is 0.351 e. The Labute approximate surface area is 95.9 Å². The Morgan fingerprint density at radius 3 is 2.69 bits per heavy atom. The number of aromatic nitrogens is 2. The molecule has 0 saturated carbocycles. The van der Waals surface area contributed by atoms with Crippen LogP contribution in [-0.4, -0.2) is 48.0 Å². The van der Waals surface area contributed by atoms with E-state index in [4.69, 9.17) is 0 Å². The highest BCUT2D eigenvalue weighted by molar-refractivity contribution is 5.91. The molecule has 5 heteroatoms. The van der Waals surface area contributed by atoms with E-state index < -0.39 is 0 Å². The Balaban J connectivity index is 2.32. The van der Waals surface area contributed by atoms with Crippen LogP contribution in [0.2, 0.25) is 0 Å². The second-order valence-electron chi connectivity index (χ2n) is 3.96. The lowest BCUT2D eigenvalue weighted by atomic mass is 10.3. The number of nitrogens with one attached hydrogen (secondary N) is 1. The lowest BCUT2D eigenvalue weighted by molar-refractivity contribution is 0.0947. The predicted octanol–water partition coefficient (Wildman–Crippen LogP) is 0.467. The summed E-state index contributed by atoms with van der Waals surface area (Å²) < 4.78 is 0. The zero-order valence-electron chi connectivity index (χ0n) is 10.0. The molecule has 0 aliphatic carbocycles. The molecular weight excluding hydrogens is 204 g/mol. The van der Waals surface area contributed by atoms with Crippen LogP contribution in [0.3, 0.4) is 0 Å². The summed E-state index contributed by atoms with van der Waals surface area (Å²) in [6, 6.07) is 0. The van der Waals surface area contributed by atoms with Crippen LogP contribution in [0.5, 0.6) is 0 Å². The molecule has 1 aromatic heterocycles. The van der Waals surface area contributed by atoms with Crippen molar-refractivity contribution >= 4 is 5.91 Å². The molecule has 0 saturated heterocycles. The number of carbonyl (C=O) groups is 1. The third-order valence-corrected chi connectivity index (χ3v) is 2.08. The normalized spacial score (nSPS) is 10.5. The molecule has 0 aliphatic rings. The van der Waals surface area contributed by atoms with Crippen LogP contribution in [0.1, 0.15) is 22.6 Å². The van der Waals surface area contributed by atoms with Crippen molar-refractivity contribution in [2.75, 3.05) is 27.2 Å². The van der Waals surface area contributed by atoms with Crippen molar-refractivity contribution in [3.05, 3.63) is 23.8 Å². The predicted molar refractivity (Wildman–Crippen MR) is 62.3 cm³/mol. The fourth-order valence-electron chi connectivity index (χ4n) is 1.20. The number of aryl methyl sites for hydroxylation is 1. The summed E-state index contributed by atoms with van der Waals surface area (Å²) in [6.45, 7) is 3.46. The monoisotopic (exact) mass is 222 g/mol. The summed E-state index contributed by atoms with van der Waals surface area (Å²) in [5, 5.41) is 2.81. The molecule has 1 rings (SSSR count). The van der Waals surface area contributed by atoms with E-state index >= 15 is 0 Å². The van der Waals surface area contributed by atoms with Crippen LogP contribution in [0, 0.1) is 6.92 Å². The van der Waals surface area contributed by atoms with Gasteiger partial charge in [0, 0.05) is 12.7 Å². The molecular formula is C11H18N4O. The summed E-state index contributed by atoms with van der Waals surface area (Å²) >= 11 is 0. The SMILES string of the molecule is Cc1cnc(C(=O)NCCCN(C)C)cn1. The Hall–Kier alpha value is -1.49. The van der Waals surface area contributed by atoms with Gasteiger partial charge < -0.3 is 10.2 Å². The van der Waals surface area contributed by atoms with Crippen molar-refractivity contribution in [3.63, 3.8) is 0 Å². The van der Waals surface area contributed by atoms with Gasteiger partial charge in [0.1, 0.15) is 5.69 Å². The molecule has 5 nitrogen and oxygen atoms in total. The number of nitrogens with zero attached hydrogens (tertiary/aromatic N) is 3. The molecule has 1 amide bonds. The fraction of sp³-hybridized carbons (Fsp3) is 0.545. The van der Waals surface area contributed by atoms with Crippen LogP contribution in [0.25, 0.3) is 0 Å². The van der Waals surface area contributed by atoms with Gasteiger partial charge in [0.15, 0.2) is 0 Å². The van der Waals surface area contributed by atoms with Crippen molar-refractivity contribution < 1.29 is 4.79 Å². The highest BCUT2D eigenvalue weighted by atomic mass is 16.1. The lowest BCUT2D eigenvalue weighted by Gasteiger charge is -2.09. The van der Waals surface area contributed by atoms with E-state index in [1.54, 1.807) is 6.20 Å². The number of rotatable bonds is 5. The number of hydrogen-bond donors (Lipinski definition) is 1. The van der Waals surface area contributed by atoms with Gasteiger partial charge in [-0.15, -0.1) is 0 Å². The molecule has 0 atom stereocenters. The van der Waals surface area contributed by atoms with Gasteiger partial charge in [-0.05, 0) is 34.0 Å². The highest BCUT2D eigenvalue weighted by Gasteiger charge is 2.05. The maximum absolute atomic E-state index is 11.6. The minimum absolute atomic E-state index is 0.161. The van der Waals surface area contributed by atoms with Crippen LogP contribution >= 0.6 is 0 Å². The number of carbonyl (C=O) groups excluding carboxylic acids is 1. The molecule has 0 bridgehead atoms. The molecule has 0 aromatic carbocycles. The first kappa shape index (κ1) is 12.6. The van der Waals surface area contributed by atoms with Crippen LogP contribution in [0.4, 0.5) is 0 Å². The Morgan fingerprint density at radius 2 is 2.12 bits per heavy atom. The molecule has 0 aliphatic heterocycles. The second-order valence-corrected chi connectivity index (χ2v) is 3.96. The second kappa shape index (κ2) is 6.17. The third-order valence-electron chi connectivity index (χ3n) is 2.08. The van der Waals surface area contributed by atoms with Crippen molar-refractivity contribution in [3.8, 4) is 0 Å². The topological polar surface area (TPSA) is 58.1 Å². The van der Waals surface area contributed by atoms with E-state index in [1.807, 2.05) is 21.0 Å². The summed E-state index contributed by atoms with van der Waals surface area (Å²) in [7, 11) is 4.01. The smallest absolute Gasteiger partial charge is 0.271 e. The first-order chi connectivity index (χ1) is 7.59. The van der Waals surface area contributed by atoms with Gasteiger partial charge in [0.05, 0.1) is 11.9 Å². The molecule has 1 heterocycles. The van der Waals surface area contributed by atoms with E-state index in [1.165, 1.54) is 6.20 Å². The van der Waals surface area contributed by atoms with Crippen molar-refractivity contribution in [1.82, 2.24) is 20.2 Å². The minimum Gasteiger partial charge on any atom is -0.351 e. The van der Waals surface area contributed by atoms with Gasteiger partial charge in [-0.25, -0.2) is 4.98 Å². The van der Waals surface area contributed by atoms with Gasteiger partial charge >= 0.3 is 0 Å². The van der Waals surface area contributed by atoms with Gasteiger partial charge in [0.2, 0.25) is 0 Å². The molecule has 0 spiro atoms. The highest BCUT2D eigenvalue weighted by Crippen LogP contribution is 1.93. The third kappa shape index (κ3) is 4.35.